The highest BCUT2D eigenvalue weighted by molar-refractivity contribution is 6.05. The van der Waals surface area contributed by atoms with Crippen LogP contribution in [0.25, 0.3) is 0 Å². The monoisotopic (exact) mass is 239 g/mol. The van der Waals surface area contributed by atoms with E-state index in [2.05, 4.69) is 0 Å². The SMILES string of the molecule is CCOC(=O)C1=C(O)C(=O)N([C@H](C)C2CC2)C1. The maximum Gasteiger partial charge on any atom is 0.339 e. The van der Waals surface area contributed by atoms with Crippen molar-refractivity contribution < 1.29 is 19.4 Å². The lowest BCUT2D eigenvalue weighted by atomic mass is 10.2. The Morgan fingerprint density at radius 1 is 1.59 bits per heavy atom. The Morgan fingerprint density at radius 3 is 2.76 bits per heavy atom. The van der Waals surface area contributed by atoms with Crippen molar-refractivity contribution in [2.24, 2.45) is 5.92 Å². The van der Waals surface area contributed by atoms with Gasteiger partial charge >= 0.3 is 5.97 Å². The van der Waals surface area contributed by atoms with E-state index in [-0.39, 0.29) is 24.8 Å². The van der Waals surface area contributed by atoms with Gasteiger partial charge in [0.15, 0.2) is 5.76 Å². The molecule has 1 amide bonds. The zero-order valence-electron chi connectivity index (χ0n) is 10.1. The Balaban J connectivity index is 2.09. The number of rotatable bonds is 4. The summed E-state index contributed by atoms with van der Waals surface area (Å²) >= 11 is 0. The number of amides is 1. The summed E-state index contributed by atoms with van der Waals surface area (Å²) in [4.78, 5) is 24.9. The van der Waals surface area contributed by atoms with E-state index in [4.69, 9.17) is 4.74 Å². The molecule has 1 aliphatic carbocycles. The summed E-state index contributed by atoms with van der Waals surface area (Å²) in [6, 6.07) is 0.0802. The second-order valence-electron chi connectivity index (χ2n) is 4.56. The lowest BCUT2D eigenvalue weighted by Gasteiger charge is -2.24. The van der Waals surface area contributed by atoms with Crippen molar-refractivity contribution in [3.63, 3.8) is 0 Å². The van der Waals surface area contributed by atoms with Crippen molar-refractivity contribution in [2.75, 3.05) is 13.2 Å². The predicted molar refractivity (Wildman–Crippen MR) is 60.2 cm³/mol. The van der Waals surface area contributed by atoms with E-state index in [9.17, 15) is 14.7 Å². The fraction of sp³-hybridized carbons (Fsp3) is 0.667. The minimum atomic E-state index is -0.594. The first-order valence-electron chi connectivity index (χ1n) is 5.96. The smallest absolute Gasteiger partial charge is 0.339 e. The van der Waals surface area contributed by atoms with Crippen LogP contribution in [0, 0.1) is 5.92 Å². The van der Waals surface area contributed by atoms with Gasteiger partial charge in [-0.3, -0.25) is 4.79 Å². The molecule has 1 N–H and O–H groups in total. The van der Waals surface area contributed by atoms with Gasteiger partial charge in [-0.1, -0.05) is 0 Å². The molecule has 94 valence electrons. The third kappa shape index (κ3) is 2.14. The van der Waals surface area contributed by atoms with Gasteiger partial charge in [-0.05, 0) is 32.6 Å². The van der Waals surface area contributed by atoms with Gasteiger partial charge in [0, 0.05) is 6.04 Å². The maximum absolute atomic E-state index is 11.8. The third-order valence-electron chi connectivity index (χ3n) is 3.40. The minimum absolute atomic E-state index is 0.0802. The highest BCUT2D eigenvalue weighted by atomic mass is 16.5. The van der Waals surface area contributed by atoms with E-state index in [1.165, 1.54) is 0 Å². The summed E-state index contributed by atoms with van der Waals surface area (Å²) in [7, 11) is 0. The first-order chi connectivity index (χ1) is 8.06. The third-order valence-corrected chi connectivity index (χ3v) is 3.40. The quantitative estimate of drug-likeness (QED) is 0.743. The molecule has 1 saturated carbocycles. The molecular formula is C12H17NO4. The molecule has 0 radical (unpaired) electrons. The van der Waals surface area contributed by atoms with Crippen molar-refractivity contribution in [3.05, 3.63) is 11.3 Å². The van der Waals surface area contributed by atoms with E-state index >= 15 is 0 Å². The largest absolute Gasteiger partial charge is 0.503 e. The Kier molecular flexibility index (Phi) is 3.09. The zero-order chi connectivity index (χ0) is 12.6. The van der Waals surface area contributed by atoms with E-state index in [1.54, 1.807) is 11.8 Å². The number of carbonyl (C=O) groups is 2. The summed E-state index contributed by atoms with van der Waals surface area (Å²) in [6.45, 7) is 4.05. The van der Waals surface area contributed by atoms with Crippen molar-refractivity contribution >= 4 is 11.9 Å². The molecule has 5 heteroatoms. The molecule has 0 aromatic rings. The number of carbonyl (C=O) groups excluding carboxylic acids is 2. The van der Waals surface area contributed by atoms with Crippen LogP contribution in [0.3, 0.4) is 0 Å². The Bertz CT molecular complexity index is 384. The normalized spacial score (nSPS) is 22.0. The first kappa shape index (κ1) is 12.0. The van der Waals surface area contributed by atoms with Gasteiger partial charge in [-0.2, -0.15) is 0 Å². The number of hydrogen-bond acceptors (Lipinski definition) is 4. The molecule has 1 fully saturated rings. The summed E-state index contributed by atoms with van der Waals surface area (Å²) in [5.41, 5.74) is 0.0874. The number of nitrogens with zero attached hydrogens (tertiary/aromatic N) is 1. The topological polar surface area (TPSA) is 66.8 Å². The molecule has 0 unspecified atom stereocenters. The average molecular weight is 239 g/mol. The molecule has 17 heavy (non-hydrogen) atoms. The fourth-order valence-electron chi connectivity index (χ4n) is 2.12. The van der Waals surface area contributed by atoms with Crippen LogP contribution in [0.5, 0.6) is 0 Å². The first-order valence-corrected chi connectivity index (χ1v) is 5.96. The molecule has 0 aromatic carbocycles. The van der Waals surface area contributed by atoms with Gasteiger partial charge in [-0.15, -0.1) is 0 Å². The van der Waals surface area contributed by atoms with Crippen molar-refractivity contribution in [1.29, 1.82) is 0 Å². The fourth-order valence-corrected chi connectivity index (χ4v) is 2.12. The standard InChI is InChI=1S/C12H17NO4/c1-3-17-12(16)9-6-13(11(15)10(9)14)7(2)8-4-5-8/h7-8,14H,3-6H2,1-2H3/t7-/m1/s1. The summed E-state index contributed by atoms with van der Waals surface area (Å²) < 4.78 is 4.81. The number of aliphatic hydroxyl groups is 1. The zero-order valence-corrected chi connectivity index (χ0v) is 10.1. The van der Waals surface area contributed by atoms with Gasteiger partial charge in [0.25, 0.3) is 5.91 Å². The molecule has 1 heterocycles. The number of aliphatic hydroxyl groups excluding tert-OH is 1. The molecular weight excluding hydrogens is 222 g/mol. The van der Waals surface area contributed by atoms with Gasteiger partial charge in [0.1, 0.15) is 5.57 Å². The van der Waals surface area contributed by atoms with Gasteiger partial charge in [0.2, 0.25) is 0 Å². The maximum atomic E-state index is 11.8. The van der Waals surface area contributed by atoms with Crippen LogP contribution in [0.1, 0.15) is 26.7 Å². The van der Waals surface area contributed by atoms with Crippen molar-refractivity contribution in [3.8, 4) is 0 Å². The van der Waals surface area contributed by atoms with Gasteiger partial charge in [-0.25, -0.2) is 4.79 Å². The van der Waals surface area contributed by atoms with E-state index in [0.29, 0.717) is 5.92 Å². The predicted octanol–water partition coefficient (Wildman–Crippen LogP) is 1.00. The Hall–Kier alpha value is -1.52. The van der Waals surface area contributed by atoms with Crippen LogP contribution in [0.15, 0.2) is 11.3 Å². The van der Waals surface area contributed by atoms with E-state index in [1.807, 2.05) is 6.92 Å². The highest BCUT2D eigenvalue weighted by Gasteiger charge is 2.41. The van der Waals surface area contributed by atoms with Crippen LogP contribution in [-0.2, 0) is 14.3 Å². The van der Waals surface area contributed by atoms with Gasteiger partial charge < -0.3 is 14.7 Å². The molecule has 2 aliphatic rings. The molecule has 2 rings (SSSR count). The molecule has 5 nitrogen and oxygen atoms in total. The van der Waals surface area contributed by atoms with Crippen LogP contribution in [0.4, 0.5) is 0 Å². The lowest BCUT2D eigenvalue weighted by Crippen LogP contribution is -2.37. The van der Waals surface area contributed by atoms with E-state index < -0.39 is 17.6 Å². The van der Waals surface area contributed by atoms with Gasteiger partial charge in [0.05, 0.1) is 13.2 Å². The van der Waals surface area contributed by atoms with Crippen LogP contribution < -0.4 is 0 Å². The van der Waals surface area contributed by atoms with Crippen molar-refractivity contribution in [1.82, 2.24) is 4.90 Å². The van der Waals surface area contributed by atoms with E-state index in [0.717, 1.165) is 12.8 Å². The summed E-state index contributed by atoms with van der Waals surface area (Å²) in [5.74, 6) is -0.986. The second kappa shape index (κ2) is 4.39. The van der Waals surface area contributed by atoms with Crippen LogP contribution >= 0.6 is 0 Å². The van der Waals surface area contributed by atoms with Crippen LogP contribution in [-0.4, -0.2) is 41.1 Å². The summed E-state index contributed by atoms with van der Waals surface area (Å²) in [6.07, 6.45) is 2.22. The summed E-state index contributed by atoms with van der Waals surface area (Å²) in [5, 5.41) is 9.66. The number of ether oxygens (including phenoxy) is 1. The second-order valence-corrected chi connectivity index (χ2v) is 4.56. The molecule has 0 bridgehead atoms. The molecule has 0 aromatic heterocycles. The molecule has 0 saturated heterocycles. The average Bonchev–Trinajstić information content (AvgIpc) is 3.08. The Labute approximate surface area is 100 Å². The molecule has 1 atom stereocenters. The number of esters is 1. The highest BCUT2D eigenvalue weighted by Crippen LogP contribution is 2.37. The van der Waals surface area contributed by atoms with Crippen LogP contribution in [0.2, 0.25) is 0 Å². The Morgan fingerprint density at radius 2 is 2.24 bits per heavy atom. The number of hydrogen-bond donors (Lipinski definition) is 1. The molecule has 0 spiro atoms. The molecule has 1 aliphatic heterocycles. The van der Waals surface area contributed by atoms with Crippen molar-refractivity contribution in [2.45, 2.75) is 32.7 Å². The lowest BCUT2D eigenvalue weighted by molar-refractivity contribution is -0.138. The minimum Gasteiger partial charge on any atom is -0.503 e.